The van der Waals surface area contributed by atoms with Crippen LogP contribution in [0.15, 0.2) is 41.0 Å². The van der Waals surface area contributed by atoms with Crippen molar-refractivity contribution in [2.24, 2.45) is 0 Å². The van der Waals surface area contributed by atoms with E-state index in [2.05, 4.69) is 38.5 Å². The number of hydrogen-bond donors (Lipinski definition) is 2. The molecular formula is C17H20BrN3O. The summed E-state index contributed by atoms with van der Waals surface area (Å²) < 4.78 is 1.03. The van der Waals surface area contributed by atoms with E-state index in [1.54, 1.807) is 18.3 Å². The van der Waals surface area contributed by atoms with Crippen LogP contribution in [0.1, 0.15) is 35.7 Å². The van der Waals surface area contributed by atoms with Crippen LogP contribution in [-0.4, -0.2) is 17.4 Å². The summed E-state index contributed by atoms with van der Waals surface area (Å²) in [6, 6.07) is 9.47. The zero-order valence-electron chi connectivity index (χ0n) is 12.8. The highest BCUT2D eigenvalue weighted by Crippen LogP contribution is 2.23. The second-order valence-corrected chi connectivity index (χ2v) is 5.98. The number of anilines is 2. The second-order valence-electron chi connectivity index (χ2n) is 5.13. The summed E-state index contributed by atoms with van der Waals surface area (Å²) >= 11 is 3.51. The van der Waals surface area contributed by atoms with Crippen molar-refractivity contribution in [2.75, 3.05) is 11.9 Å². The third-order valence-electron chi connectivity index (χ3n) is 3.28. The molecule has 0 saturated carbocycles. The average molecular weight is 362 g/mol. The van der Waals surface area contributed by atoms with E-state index in [0.717, 1.165) is 23.0 Å². The number of aryl methyl sites for hydroxylation is 1. The van der Waals surface area contributed by atoms with Gasteiger partial charge in [0.05, 0.1) is 0 Å². The minimum Gasteiger partial charge on any atom is -0.352 e. The Morgan fingerprint density at radius 2 is 2.09 bits per heavy atom. The molecular weight excluding hydrogens is 342 g/mol. The molecule has 4 nitrogen and oxygen atoms in total. The number of unbranched alkanes of at least 4 members (excludes halogenated alkanes) is 1. The summed E-state index contributed by atoms with van der Waals surface area (Å²) in [4.78, 5) is 16.3. The highest BCUT2D eigenvalue weighted by atomic mass is 79.9. The fourth-order valence-corrected chi connectivity index (χ4v) is 2.32. The summed E-state index contributed by atoms with van der Waals surface area (Å²) in [5.74, 6) is 0.586. The van der Waals surface area contributed by atoms with Gasteiger partial charge in [-0.1, -0.05) is 35.3 Å². The molecule has 0 bridgehead atoms. The quantitative estimate of drug-likeness (QED) is 0.748. The van der Waals surface area contributed by atoms with Gasteiger partial charge in [-0.2, -0.15) is 0 Å². The number of carbonyl (C=O) groups is 1. The Bertz CT molecular complexity index is 658. The molecule has 0 unspecified atom stereocenters. The fourth-order valence-electron chi connectivity index (χ4n) is 1.94. The van der Waals surface area contributed by atoms with Crippen molar-refractivity contribution in [1.82, 2.24) is 10.3 Å². The summed E-state index contributed by atoms with van der Waals surface area (Å²) in [6.07, 6.45) is 3.69. The molecule has 1 heterocycles. The molecule has 116 valence electrons. The van der Waals surface area contributed by atoms with Gasteiger partial charge in [0, 0.05) is 28.5 Å². The first-order chi connectivity index (χ1) is 10.6. The van der Waals surface area contributed by atoms with E-state index in [4.69, 9.17) is 0 Å². The number of halogens is 1. The number of carbonyl (C=O) groups excluding carboxylic acids is 1. The number of amides is 1. The molecule has 2 aromatic rings. The Balaban J connectivity index is 2.07. The van der Waals surface area contributed by atoms with Gasteiger partial charge in [-0.05, 0) is 43.2 Å². The maximum Gasteiger partial charge on any atom is 0.251 e. The van der Waals surface area contributed by atoms with E-state index in [0.29, 0.717) is 17.9 Å². The van der Waals surface area contributed by atoms with Gasteiger partial charge < -0.3 is 10.6 Å². The molecule has 0 fully saturated rings. The Hall–Kier alpha value is -1.88. The van der Waals surface area contributed by atoms with Crippen LogP contribution in [-0.2, 0) is 0 Å². The first-order valence-corrected chi connectivity index (χ1v) is 8.17. The summed E-state index contributed by atoms with van der Waals surface area (Å²) in [6.45, 7) is 4.83. The Morgan fingerprint density at radius 1 is 1.27 bits per heavy atom. The van der Waals surface area contributed by atoms with Gasteiger partial charge in [-0.15, -0.1) is 0 Å². The van der Waals surface area contributed by atoms with Gasteiger partial charge in [0.1, 0.15) is 5.82 Å². The molecule has 1 aromatic heterocycles. The lowest BCUT2D eigenvalue weighted by Crippen LogP contribution is -2.24. The van der Waals surface area contributed by atoms with Gasteiger partial charge >= 0.3 is 0 Å². The molecule has 0 aliphatic rings. The van der Waals surface area contributed by atoms with Gasteiger partial charge in [-0.3, -0.25) is 4.79 Å². The van der Waals surface area contributed by atoms with E-state index < -0.39 is 0 Å². The summed E-state index contributed by atoms with van der Waals surface area (Å²) in [5, 5.41) is 6.12. The van der Waals surface area contributed by atoms with Gasteiger partial charge in [-0.25, -0.2) is 4.98 Å². The third kappa shape index (κ3) is 4.56. The normalized spacial score (nSPS) is 10.3. The molecule has 0 radical (unpaired) electrons. The smallest absolute Gasteiger partial charge is 0.251 e. The van der Waals surface area contributed by atoms with E-state index in [1.807, 2.05) is 25.1 Å². The predicted octanol–water partition coefficient (Wildman–Crippen LogP) is 4.43. The van der Waals surface area contributed by atoms with Gasteiger partial charge in [0.2, 0.25) is 0 Å². The lowest BCUT2D eigenvalue weighted by atomic mass is 10.2. The fraction of sp³-hybridized carbons (Fsp3) is 0.294. The third-order valence-corrected chi connectivity index (χ3v) is 4.14. The van der Waals surface area contributed by atoms with Crippen LogP contribution in [0.5, 0.6) is 0 Å². The summed E-state index contributed by atoms with van der Waals surface area (Å²) in [7, 11) is 0. The van der Waals surface area contributed by atoms with Crippen molar-refractivity contribution in [2.45, 2.75) is 26.7 Å². The Labute approximate surface area is 139 Å². The van der Waals surface area contributed by atoms with Crippen molar-refractivity contribution < 1.29 is 4.79 Å². The minimum atomic E-state index is -0.0658. The first kappa shape index (κ1) is 16.5. The predicted molar refractivity (Wildman–Crippen MR) is 93.6 cm³/mol. The zero-order chi connectivity index (χ0) is 15.9. The van der Waals surface area contributed by atoms with Crippen LogP contribution >= 0.6 is 15.9 Å². The van der Waals surface area contributed by atoms with Crippen molar-refractivity contribution in [1.29, 1.82) is 0 Å². The van der Waals surface area contributed by atoms with Crippen molar-refractivity contribution in [3.63, 3.8) is 0 Å². The van der Waals surface area contributed by atoms with Crippen LogP contribution in [0, 0.1) is 6.92 Å². The van der Waals surface area contributed by atoms with Gasteiger partial charge in [0.15, 0.2) is 0 Å². The lowest BCUT2D eigenvalue weighted by molar-refractivity contribution is 0.0953. The number of hydrogen-bond acceptors (Lipinski definition) is 3. The van der Waals surface area contributed by atoms with Crippen LogP contribution in [0.3, 0.4) is 0 Å². The first-order valence-electron chi connectivity index (χ1n) is 7.37. The molecule has 2 rings (SSSR count). The largest absolute Gasteiger partial charge is 0.352 e. The van der Waals surface area contributed by atoms with Crippen molar-refractivity contribution in [3.8, 4) is 0 Å². The average Bonchev–Trinajstić information content (AvgIpc) is 2.51. The molecule has 22 heavy (non-hydrogen) atoms. The van der Waals surface area contributed by atoms with E-state index in [-0.39, 0.29) is 5.91 Å². The van der Waals surface area contributed by atoms with Gasteiger partial charge in [0.25, 0.3) is 5.91 Å². The summed E-state index contributed by atoms with van der Waals surface area (Å²) in [5.41, 5.74) is 2.70. The number of nitrogens with one attached hydrogen (secondary N) is 2. The highest BCUT2D eigenvalue weighted by Gasteiger charge is 2.07. The number of benzene rings is 1. The second kappa shape index (κ2) is 7.94. The molecule has 2 N–H and O–H groups in total. The number of pyridine rings is 1. The highest BCUT2D eigenvalue weighted by molar-refractivity contribution is 9.10. The topological polar surface area (TPSA) is 54.0 Å². The monoisotopic (exact) mass is 361 g/mol. The van der Waals surface area contributed by atoms with Crippen LogP contribution in [0.4, 0.5) is 11.5 Å². The molecule has 0 atom stereocenters. The minimum absolute atomic E-state index is 0.0658. The SMILES string of the molecule is CCCCNC(=O)c1ccnc(Nc2ccc(C)c(Br)c2)c1. The molecule has 0 saturated heterocycles. The lowest BCUT2D eigenvalue weighted by Gasteiger charge is -2.09. The van der Waals surface area contributed by atoms with E-state index in [1.165, 1.54) is 5.56 Å². The van der Waals surface area contributed by atoms with Crippen LogP contribution < -0.4 is 10.6 Å². The van der Waals surface area contributed by atoms with Crippen molar-refractivity contribution >= 4 is 33.3 Å². The molecule has 0 spiro atoms. The standard InChI is InChI=1S/C17H20BrN3O/c1-3-4-8-20-17(22)13-7-9-19-16(10-13)21-14-6-5-12(2)15(18)11-14/h5-7,9-11H,3-4,8H2,1-2H3,(H,19,21)(H,20,22). The molecule has 1 amide bonds. The Kier molecular flexibility index (Phi) is 5.95. The molecule has 0 aliphatic heterocycles. The maximum atomic E-state index is 12.0. The number of aromatic nitrogens is 1. The van der Waals surface area contributed by atoms with E-state index >= 15 is 0 Å². The van der Waals surface area contributed by atoms with Crippen LogP contribution in [0.2, 0.25) is 0 Å². The molecule has 0 aliphatic carbocycles. The zero-order valence-corrected chi connectivity index (χ0v) is 14.4. The Morgan fingerprint density at radius 3 is 2.82 bits per heavy atom. The number of nitrogens with zero attached hydrogens (tertiary/aromatic N) is 1. The van der Waals surface area contributed by atoms with E-state index in [9.17, 15) is 4.79 Å². The van der Waals surface area contributed by atoms with Crippen molar-refractivity contribution in [3.05, 3.63) is 52.1 Å². The molecule has 1 aromatic carbocycles. The maximum absolute atomic E-state index is 12.0. The number of rotatable bonds is 6. The molecule has 5 heteroatoms. The van der Waals surface area contributed by atoms with Crippen LogP contribution in [0.25, 0.3) is 0 Å².